The second-order valence-electron chi connectivity index (χ2n) is 6.33. The number of carbonyl (C=O) groups excluding carboxylic acids is 1. The molecule has 0 fully saturated rings. The van der Waals surface area contributed by atoms with Crippen molar-refractivity contribution in [3.05, 3.63) is 87.1 Å². The molecular weight excluding hydrogens is 381 g/mol. The van der Waals surface area contributed by atoms with E-state index in [0.29, 0.717) is 22.0 Å². The standard InChI is InChI=1S/C19H16FN5O2S/c1-11-10-28-19-22-9-14(18(27)25(11)19)17(26)23-15(16-21-7-8-24(16)2)12-3-5-13(20)6-4-12/h3-10,15H,1-2H3,(H,23,26). The van der Waals surface area contributed by atoms with Crippen molar-refractivity contribution in [3.63, 3.8) is 0 Å². The number of carbonyl (C=O) groups is 1. The molecule has 0 saturated heterocycles. The molecule has 0 aliphatic rings. The third kappa shape index (κ3) is 3.09. The maximum Gasteiger partial charge on any atom is 0.271 e. The number of amides is 1. The highest BCUT2D eigenvalue weighted by Crippen LogP contribution is 2.21. The van der Waals surface area contributed by atoms with Crippen LogP contribution in [0.5, 0.6) is 0 Å². The van der Waals surface area contributed by atoms with Crippen molar-refractivity contribution >= 4 is 22.2 Å². The van der Waals surface area contributed by atoms with Gasteiger partial charge in [-0.15, -0.1) is 11.3 Å². The van der Waals surface area contributed by atoms with Gasteiger partial charge in [0.2, 0.25) is 0 Å². The zero-order valence-electron chi connectivity index (χ0n) is 15.1. The van der Waals surface area contributed by atoms with Crippen molar-refractivity contribution in [1.82, 2.24) is 24.3 Å². The van der Waals surface area contributed by atoms with E-state index in [9.17, 15) is 14.0 Å². The monoisotopic (exact) mass is 397 g/mol. The lowest BCUT2D eigenvalue weighted by molar-refractivity contribution is 0.0939. The van der Waals surface area contributed by atoms with E-state index in [4.69, 9.17) is 0 Å². The van der Waals surface area contributed by atoms with Crippen LogP contribution in [-0.4, -0.2) is 24.8 Å². The number of nitrogens with zero attached hydrogens (tertiary/aromatic N) is 4. The summed E-state index contributed by atoms with van der Waals surface area (Å²) in [6.45, 7) is 1.78. The Bertz CT molecular complexity index is 1230. The lowest BCUT2D eigenvalue weighted by Gasteiger charge is -2.19. The van der Waals surface area contributed by atoms with Crippen LogP contribution in [-0.2, 0) is 7.05 Å². The molecule has 1 amide bonds. The predicted molar refractivity (Wildman–Crippen MR) is 103 cm³/mol. The Morgan fingerprint density at radius 2 is 2.00 bits per heavy atom. The summed E-state index contributed by atoms with van der Waals surface area (Å²) in [5, 5.41) is 4.64. The largest absolute Gasteiger partial charge is 0.338 e. The summed E-state index contributed by atoms with van der Waals surface area (Å²) in [5.74, 6) is -0.398. The van der Waals surface area contributed by atoms with Crippen LogP contribution in [0.1, 0.15) is 33.5 Å². The number of aryl methyl sites for hydroxylation is 2. The van der Waals surface area contributed by atoms with Gasteiger partial charge in [0.25, 0.3) is 11.5 Å². The SMILES string of the molecule is Cc1csc2ncc(C(=O)NC(c3ccc(F)cc3)c3nccn3C)c(=O)n12. The van der Waals surface area contributed by atoms with E-state index in [1.165, 1.54) is 34.1 Å². The Labute approximate surface area is 163 Å². The van der Waals surface area contributed by atoms with Gasteiger partial charge in [-0.1, -0.05) is 12.1 Å². The van der Waals surface area contributed by atoms with Gasteiger partial charge in [-0.3, -0.25) is 14.0 Å². The van der Waals surface area contributed by atoms with Gasteiger partial charge < -0.3 is 9.88 Å². The second-order valence-corrected chi connectivity index (χ2v) is 7.16. The minimum absolute atomic E-state index is 0.0691. The summed E-state index contributed by atoms with van der Waals surface area (Å²) in [5.41, 5.74) is 0.857. The van der Waals surface area contributed by atoms with Gasteiger partial charge in [0.15, 0.2) is 4.96 Å². The molecule has 1 N–H and O–H groups in total. The molecule has 9 heteroatoms. The smallest absolute Gasteiger partial charge is 0.271 e. The molecule has 0 aliphatic heterocycles. The number of rotatable bonds is 4. The molecule has 3 heterocycles. The molecule has 1 aromatic carbocycles. The molecule has 1 unspecified atom stereocenters. The van der Waals surface area contributed by atoms with Crippen LogP contribution in [0.3, 0.4) is 0 Å². The molecule has 3 aromatic heterocycles. The summed E-state index contributed by atoms with van der Waals surface area (Å²) < 4.78 is 16.5. The number of nitrogens with one attached hydrogen (secondary N) is 1. The van der Waals surface area contributed by atoms with Crippen LogP contribution >= 0.6 is 11.3 Å². The van der Waals surface area contributed by atoms with E-state index < -0.39 is 17.5 Å². The molecule has 0 bridgehead atoms. The van der Waals surface area contributed by atoms with E-state index >= 15 is 0 Å². The molecule has 4 aromatic rings. The first-order valence-corrected chi connectivity index (χ1v) is 9.33. The van der Waals surface area contributed by atoms with Crippen LogP contribution in [0.25, 0.3) is 4.96 Å². The number of aromatic nitrogens is 4. The summed E-state index contributed by atoms with van der Waals surface area (Å²) in [6, 6.07) is 5.12. The average Bonchev–Trinajstić information content (AvgIpc) is 3.27. The number of halogens is 1. The summed E-state index contributed by atoms with van der Waals surface area (Å²) >= 11 is 1.33. The Kier molecular flexibility index (Phi) is 4.52. The maximum atomic E-state index is 13.3. The van der Waals surface area contributed by atoms with Gasteiger partial charge in [0, 0.05) is 36.7 Å². The quantitative estimate of drug-likeness (QED) is 0.574. The fourth-order valence-electron chi connectivity index (χ4n) is 3.00. The van der Waals surface area contributed by atoms with Crippen molar-refractivity contribution in [2.45, 2.75) is 13.0 Å². The summed E-state index contributed by atoms with van der Waals surface area (Å²) in [4.78, 5) is 34.7. The average molecular weight is 397 g/mol. The van der Waals surface area contributed by atoms with Crippen molar-refractivity contribution in [2.24, 2.45) is 7.05 Å². The number of imidazole rings is 1. The molecule has 0 saturated carbocycles. The minimum Gasteiger partial charge on any atom is -0.338 e. The topological polar surface area (TPSA) is 81.3 Å². The fraction of sp³-hybridized carbons (Fsp3) is 0.158. The van der Waals surface area contributed by atoms with Crippen LogP contribution < -0.4 is 10.9 Å². The first kappa shape index (κ1) is 18.1. The third-order valence-electron chi connectivity index (χ3n) is 4.46. The molecule has 7 nitrogen and oxygen atoms in total. The number of fused-ring (bicyclic) bond motifs is 1. The lowest BCUT2D eigenvalue weighted by atomic mass is 10.1. The van der Waals surface area contributed by atoms with E-state index in [0.717, 1.165) is 0 Å². The number of hydrogen-bond acceptors (Lipinski definition) is 5. The van der Waals surface area contributed by atoms with Crippen molar-refractivity contribution in [3.8, 4) is 0 Å². The zero-order valence-corrected chi connectivity index (χ0v) is 15.9. The second kappa shape index (κ2) is 7.01. The third-order valence-corrected chi connectivity index (χ3v) is 5.41. The van der Waals surface area contributed by atoms with E-state index in [-0.39, 0.29) is 11.4 Å². The number of hydrogen-bond donors (Lipinski definition) is 1. The lowest BCUT2D eigenvalue weighted by Crippen LogP contribution is -2.35. The first-order valence-electron chi connectivity index (χ1n) is 8.45. The maximum absolute atomic E-state index is 13.3. The fourth-order valence-corrected chi connectivity index (χ4v) is 3.82. The van der Waals surface area contributed by atoms with E-state index in [2.05, 4.69) is 15.3 Å². The molecular formula is C19H16FN5O2S. The Balaban J connectivity index is 1.75. The molecule has 142 valence electrons. The highest BCUT2D eigenvalue weighted by molar-refractivity contribution is 7.15. The van der Waals surface area contributed by atoms with E-state index in [1.54, 1.807) is 48.4 Å². The number of thiazole rings is 1. The molecule has 4 rings (SSSR count). The molecule has 0 radical (unpaired) electrons. The normalized spacial score (nSPS) is 12.2. The Morgan fingerprint density at radius 1 is 1.25 bits per heavy atom. The van der Waals surface area contributed by atoms with Crippen molar-refractivity contribution in [2.75, 3.05) is 0 Å². The zero-order chi connectivity index (χ0) is 19.8. The minimum atomic E-state index is -0.656. The van der Waals surface area contributed by atoms with Crippen LogP contribution in [0.15, 0.2) is 53.0 Å². The van der Waals surface area contributed by atoms with E-state index in [1.807, 2.05) is 0 Å². The summed E-state index contributed by atoms with van der Waals surface area (Å²) in [7, 11) is 1.79. The van der Waals surface area contributed by atoms with Gasteiger partial charge >= 0.3 is 0 Å². The van der Waals surface area contributed by atoms with Crippen LogP contribution in [0, 0.1) is 12.7 Å². The van der Waals surface area contributed by atoms with Crippen molar-refractivity contribution < 1.29 is 9.18 Å². The number of benzene rings is 1. The van der Waals surface area contributed by atoms with Gasteiger partial charge in [-0.2, -0.15) is 0 Å². The van der Waals surface area contributed by atoms with Crippen LogP contribution in [0.2, 0.25) is 0 Å². The molecule has 0 spiro atoms. The molecule has 1 atom stereocenters. The molecule has 0 aliphatic carbocycles. The molecule has 28 heavy (non-hydrogen) atoms. The van der Waals surface area contributed by atoms with Gasteiger partial charge in [-0.05, 0) is 24.6 Å². The van der Waals surface area contributed by atoms with Crippen LogP contribution in [0.4, 0.5) is 4.39 Å². The highest BCUT2D eigenvalue weighted by atomic mass is 32.1. The first-order chi connectivity index (χ1) is 13.5. The highest BCUT2D eigenvalue weighted by Gasteiger charge is 2.24. The predicted octanol–water partition coefficient (Wildman–Crippen LogP) is 2.46. The Morgan fingerprint density at radius 3 is 2.68 bits per heavy atom. The van der Waals surface area contributed by atoms with Gasteiger partial charge in [0.1, 0.15) is 23.2 Å². The van der Waals surface area contributed by atoms with Crippen molar-refractivity contribution in [1.29, 1.82) is 0 Å². The summed E-state index contributed by atoms with van der Waals surface area (Å²) in [6.07, 6.45) is 4.63. The van der Waals surface area contributed by atoms with Gasteiger partial charge in [-0.25, -0.2) is 14.4 Å². The van der Waals surface area contributed by atoms with Gasteiger partial charge in [0.05, 0.1) is 0 Å². The Hall–Kier alpha value is -3.33.